The van der Waals surface area contributed by atoms with Crippen molar-refractivity contribution in [1.82, 2.24) is 10.2 Å². The molecular formula is C15H23N3O. The minimum atomic E-state index is 0.0901. The Morgan fingerprint density at radius 1 is 1.53 bits per heavy atom. The maximum atomic E-state index is 12.0. The van der Waals surface area contributed by atoms with E-state index in [-0.39, 0.29) is 5.91 Å². The van der Waals surface area contributed by atoms with Crippen LogP contribution in [0.4, 0.5) is 5.69 Å². The van der Waals surface area contributed by atoms with Gasteiger partial charge < -0.3 is 16.0 Å². The van der Waals surface area contributed by atoms with E-state index in [0.29, 0.717) is 24.2 Å². The summed E-state index contributed by atoms with van der Waals surface area (Å²) < 4.78 is 0. The van der Waals surface area contributed by atoms with Gasteiger partial charge in [-0.25, -0.2) is 0 Å². The molecule has 1 fully saturated rings. The fraction of sp³-hybridized carbons (Fsp3) is 0.533. The van der Waals surface area contributed by atoms with Gasteiger partial charge in [-0.1, -0.05) is 12.1 Å². The molecule has 0 spiro atoms. The van der Waals surface area contributed by atoms with Crippen molar-refractivity contribution in [2.24, 2.45) is 0 Å². The number of anilines is 1. The Morgan fingerprint density at radius 3 is 3.00 bits per heavy atom. The molecule has 19 heavy (non-hydrogen) atoms. The van der Waals surface area contributed by atoms with E-state index >= 15 is 0 Å². The summed E-state index contributed by atoms with van der Waals surface area (Å²) in [5.41, 5.74) is 7.39. The molecule has 1 aliphatic rings. The maximum absolute atomic E-state index is 12.0. The minimum absolute atomic E-state index is 0.0901. The highest BCUT2D eigenvalue weighted by Gasteiger charge is 2.23. The van der Waals surface area contributed by atoms with Crippen LogP contribution in [0.25, 0.3) is 0 Å². The van der Waals surface area contributed by atoms with Crippen LogP contribution in [0.15, 0.2) is 24.3 Å². The minimum Gasteiger partial charge on any atom is -0.399 e. The van der Waals surface area contributed by atoms with Crippen molar-refractivity contribution in [2.45, 2.75) is 38.3 Å². The van der Waals surface area contributed by atoms with Crippen LogP contribution >= 0.6 is 0 Å². The largest absolute Gasteiger partial charge is 0.399 e. The first kappa shape index (κ1) is 13.9. The lowest BCUT2D eigenvalue weighted by molar-refractivity contribution is -0.121. The number of amides is 1. The number of nitrogen functional groups attached to an aromatic ring is 1. The lowest BCUT2D eigenvalue weighted by atomic mass is 9.98. The second-order valence-electron chi connectivity index (χ2n) is 5.54. The maximum Gasteiger partial charge on any atom is 0.224 e. The predicted octanol–water partition coefficient (Wildman–Crippen LogP) is 1.41. The number of carbonyl (C=O) groups is 1. The number of hydrogen-bond donors (Lipinski definition) is 2. The van der Waals surface area contributed by atoms with Crippen LogP contribution in [0.3, 0.4) is 0 Å². The number of hydrogen-bond acceptors (Lipinski definition) is 3. The zero-order chi connectivity index (χ0) is 13.8. The average molecular weight is 261 g/mol. The van der Waals surface area contributed by atoms with E-state index < -0.39 is 0 Å². The molecule has 0 aromatic heterocycles. The van der Waals surface area contributed by atoms with E-state index in [9.17, 15) is 4.79 Å². The Balaban J connectivity index is 1.85. The molecule has 104 valence electrons. The van der Waals surface area contributed by atoms with Crippen molar-refractivity contribution in [3.8, 4) is 0 Å². The molecule has 2 atom stereocenters. The Bertz CT molecular complexity index is 447. The van der Waals surface area contributed by atoms with Gasteiger partial charge in [0.25, 0.3) is 0 Å². The lowest BCUT2D eigenvalue weighted by Crippen LogP contribution is -2.47. The first-order valence-corrected chi connectivity index (χ1v) is 6.88. The van der Waals surface area contributed by atoms with Gasteiger partial charge >= 0.3 is 0 Å². The number of piperidine rings is 1. The third kappa shape index (κ3) is 3.96. The highest BCUT2D eigenvalue weighted by atomic mass is 16.1. The number of carbonyl (C=O) groups excluding carboxylic acids is 1. The summed E-state index contributed by atoms with van der Waals surface area (Å²) in [4.78, 5) is 14.3. The van der Waals surface area contributed by atoms with Crippen molar-refractivity contribution in [2.75, 3.05) is 19.3 Å². The molecule has 2 rings (SSSR count). The number of rotatable bonds is 3. The molecule has 2 unspecified atom stereocenters. The molecule has 4 nitrogen and oxygen atoms in total. The van der Waals surface area contributed by atoms with Gasteiger partial charge in [0, 0.05) is 24.3 Å². The number of benzene rings is 1. The molecule has 0 bridgehead atoms. The third-order valence-electron chi connectivity index (χ3n) is 3.89. The van der Waals surface area contributed by atoms with Crippen LogP contribution in [-0.2, 0) is 11.2 Å². The zero-order valence-electron chi connectivity index (χ0n) is 11.7. The summed E-state index contributed by atoms with van der Waals surface area (Å²) in [6.45, 7) is 3.25. The Labute approximate surface area is 115 Å². The summed E-state index contributed by atoms with van der Waals surface area (Å²) in [6, 6.07) is 8.35. The second kappa shape index (κ2) is 6.06. The summed E-state index contributed by atoms with van der Waals surface area (Å²) in [5, 5.41) is 3.13. The van der Waals surface area contributed by atoms with Gasteiger partial charge in [0.2, 0.25) is 5.91 Å². The van der Waals surface area contributed by atoms with Gasteiger partial charge in [-0.15, -0.1) is 0 Å². The standard InChI is InChI=1S/C15H23N3O/c1-11-8-14(6-7-18(11)2)17-15(19)10-12-4-3-5-13(16)9-12/h3-5,9,11,14H,6-8,10,16H2,1-2H3,(H,17,19). The zero-order valence-corrected chi connectivity index (χ0v) is 11.7. The highest BCUT2D eigenvalue weighted by Crippen LogP contribution is 2.15. The fourth-order valence-corrected chi connectivity index (χ4v) is 2.59. The monoisotopic (exact) mass is 261 g/mol. The van der Waals surface area contributed by atoms with Crippen molar-refractivity contribution in [1.29, 1.82) is 0 Å². The van der Waals surface area contributed by atoms with Gasteiger partial charge in [-0.05, 0) is 44.5 Å². The van der Waals surface area contributed by atoms with Gasteiger partial charge in [0.15, 0.2) is 0 Å². The summed E-state index contributed by atoms with van der Waals surface area (Å²) in [6.07, 6.45) is 2.47. The molecule has 1 saturated heterocycles. The van der Waals surface area contributed by atoms with Crippen molar-refractivity contribution in [3.05, 3.63) is 29.8 Å². The molecule has 1 heterocycles. The molecule has 1 aromatic carbocycles. The van der Waals surface area contributed by atoms with E-state index in [1.807, 2.05) is 24.3 Å². The summed E-state index contributed by atoms with van der Waals surface area (Å²) in [5.74, 6) is 0.0901. The quantitative estimate of drug-likeness (QED) is 0.809. The molecular weight excluding hydrogens is 238 g/mol. The highest BCUT2D eigenvalue weighted by molar-refractivity contribution is 5.79. The topological polar surface area (TPSA) is 58.4 Å². The molecule has 0 aliphatic carbocycles. The third-order valence-corrected chi connectivity index (χ3v) is 3.89. The van der Waals surface area contributed by atoms with Crippen molar-refractivity contribution >= 4 is 11.6 Å². The number of nitrogens with two attached hydrogens (primary N) is 1. The van der Waals surface area contributed by atoms with Crippen molar-refractivity contribution < 1.29 is 4.79 Å². The molecule has 1 amide bonds. The number of likely N-dealkylation sites (tertiary alicyclic amines) is 1. The predicted molar refractivity (Wildman–Crippen MR) is 77.8 cm³/mol. The van der Waals surface area contributed by atoms with Crippen LogP contribution in [0, 0.1) is 0 Å². The SMILES string of the molecule is CC1CC(NC(=O)Cc2cccc(N)c2)CCN1C. The lowest BCUT2D eigenvalue weighted by Gasteiger charge is -2.35. The molecule has 3 N–H and O–H groups in total. The Morgan fingerprint density at radius 2 is 2.32 bits per heavy atom. The van der Waals surface area contributed by atoms with Crippen LogP contribution in [0.5, 0.6) is 0 Å². The average Bonchev–Trinajstić information content (AvgIpc) is 2.34. The van der Waals surface area contributed by atoms with Crippen LogP contribution in [0.2, 0.25) is 0 Å². The smallest absolute Gasteiger partial charge is 0.224 e. The second-order valence-corrected chi connectivity index (χ2v) is 5.54. The number of nitrogens with one attached hydrogen (secondary N) is 1. The van der Waals surface area contributed by atoms with Crippen molar-refractivity contribution in [3.63, 3.8) is 0 Å². The van der Waals surface area contributed by atoms with Gasteiger partial charge in [-0.2, -0.15) is 0 Å². The molecule has 0 radical (unpaired) electrons. The van der Waals surface area contributed by atoms with E-state index in [1.54, 1.807) is 0 Å². The molecule has 1 aliphatic heterocycles. The number of nitrogens with zero attached hydrogens (tertiary/aromatic N) is 1. The van der Waals surface area contributed by atoms with Gasteiger partial charge in [0.1, 0.15) is 0 Å². The van der Waals surface area contributed by atoms with Gasteiger partial charge in [0.05, 0.1) is 6.42 Å². The Kier molecular flexibility index (Phi) is 4.43. The first-order chi connectivity index (χ1) is 9.04. The normalized spacial score (nSPS) is 24.1. The van der Waals surface area contributed by atoms with Crippen LogP contribution in [-0.4, -0.2) is 36.5 Å². The van der Waals surface area contributed by atoms with E-state index in [4.69, 9.17) is 5.73 Å². The molecule has 4 heteroatoms. The molecule has 0 saturated carbocycles. The van der Waals surface area contributed by atoms with E-state index in [1.165, 1.54) is 0 Å². The molecule has 1 aromatic rings. The van der Waals surface area contributed by atoms with Gasteiger partial charge in [-0.3, -0.25) is 4.79 Å². The van der Waals surface area contributed by atoms with Crippen LogP contribution < -0.4 is 11.1 Å². The van der Waals surface area contributed by atoms with Crippen LogP contribution in [0.1, 0.15) is 25.3 Å². The van der Waals surface area contributed by atoms with E-state index in [2.05, 4.69) is 24.2 Å². The summed E-state index contributed by atoms with van der Waals surface area (Å²) >= 11 is 0. The Hall–Kier alpha value is -1.55. The van der Waals surface area contributed by atoms with E-state index in [0.717, 1.165) is 24.9 Å². The first-order valence-electron chi connectivity index (χ1n) is 6.88. The fourth-order valence-electron chi connectivity index (χ4n) is 2.59. The summed E-state index contributed by atoms with van der Waals surface area (Å²) in [7, 11) is 2.13.